The number of carbonyl (C=O) groups excluding carboxylic acids is 1. The number of halogens is 1. The van der Waals surface area contributed by atoms with Gasteiger partial charge < -0.3 is 19.4 Å². The van der Waals surface area contributed by atoms with E-state index in [9.17, 15) is 4.79 Å². The Morgan fingerprint density at radius 3 is 2.31 bits per heavy atom. The lowest BCUT2D eigenvalue weighted by molar-refractivity contribution is -0.121. The van der Waals surface area contributed by atoms with Crippen LogP contribution in [0.25, 0.3) is 5.69 Å². The van der Waals surface area contributed by atoms with Crippen LogP contribution in [0.15, 0.2) is 54.9 Å². The van der Waals surface area contributed by atoms with Crippen LogP contribution in [0.5, 0.6) is 11.5 Å². The van der Waals surface area contributed by atoms with Crippen molar-refractivity contribution in [2.45, 2.75) is 26.3 Å². The standard InChI is InChI=1S/C26H28ClN5O3/c1-16-23(17(2)32(30-16)20-8-6-19(27)7-9-20)15-24(33)29-25(26-28-10-11-31(26)3)18-12-21(34-4)14-22(13-18)35-5/h6-14,25H,15H2,1-5H3,(H,29,33). The van der Waals surface area contributed by atoms with Crippen LogP contribution >= 0.6 is 11.6 Å². The van der Waals surface area contributed by atoms with Gasteiger partial charge in [-0.1, -0.05) is 11.6 Å². The van der Waals surface area contributed by atoms with Crippen molar-refractivity contribution in [3.63, 3.8) is 0 Å². The number of aromatic nitrogens is 4. The van der Waals surface area contributed by atoms with E-state index in [4.69, 9.17) is 21.1 Å². The molecule has 182 valence electrons. The first-order chi connectivity index (χ1) is 16.8. The van der Waals surface area contributed by atoms with Gasteiger partial charge in [0.2, 0.25) is 5.91 Å². The molecule has 2 aromatic carbocycles. The number of aryl methyl sites for hydroxylation is 2. The van der Waals surface area contributed by atoms with E-state index >= 15 is 0 Å². The predicted octanol–water partition coefficient (Wildman–Crippen LogP) is 4.34. The van der Waals surface area contributed by atoms with E-state index in [1.165, 1.54) is 0 Å². The molecule has 0 fully saturated rings. The molecule has 1 atom stereocenters. The molecule has 2 aromatic heterocycles. The summed E-state index contributed by atoms with van der Waals surface area (Å²) in [5, 5.41) is 8.46. The molecule has 0 saturated heterocycles. The lowest BCUT2D eigenvalue weighted by Gasteiger charge is -2.20. The van der Waals surface area contributed by atoms with Crippen LogP contribution in [0.4, 0.5) is 0 Å². The van der Waals surface area contributed by atoms with Gasteiger partial charge in [-0.2, -0.15) is 5.10 Å². The smallest absolute Gasteiger partial charge is 0.225 e. The summed E-state index contributed by atoms with van der Waals surface area (Å²) in [6.45, 7) is 3.87. The lowest BCUT2D eigenvalue weighted by atomic mass is 10.0. The first kappa shape index (κ1) is 24.3. The second-order valence-electron chi connectivity index (χ2n) is 8.26. The third kappa shape index (κ3) is 5.17. The van der Waals surface area contributed by atoms with Gasteiger partial charge >= 0.3 is 0 Å². The molecule has 1 unspecified atom stereocenters. The Hall–Kier alpha value is -3.78. The fourth-order valence-corrected chi connectivity index (χ4v) is 4.21. The van der Waals surface area contributed by atoms with Crippen LogP contribution in [0.2, 0.25) is 5.02 Å². The molecule has 0 aliphatic rings. The summed E-state index contributed by atoms with van der Waals surface area (Å²) in [5.41, 5.74) is 4.25. The van der Waals surface area contributed by atoms with Gasteiger partial charge in [-0.15, -0.1) is 0 Å². The number of carbonyl (C=O) groups is 1. The molecule has 0 aliphatic heterocycles. The van der Waals surface area contributed by atoms with Crippen LogP contribution in [-0.4, -0.2) is 39.5 Å². The molecule has 9 heteroatoms. The van der Waals surface area contributed by atoms with E-state index in [0.717, 1.165) is 28.2 Å². The second-order valence-corrected chi connectivity index (χ2v) is 8.69. The second kappa shape index (κ2) is 10.2. The van der Waals surface area contributed by atoms with E-state index in [2.05, 4.69) is 15.4 Å². The first-order valence-electron chi connectivity index (χ1n) is 11.1. The highest BCUT2D eigenvalue weighted by atomic mass is 35.5. The average molecular weight is 494 g/mol. The van der Waals surface area contributed by atoms with Gasteiger partial charge in [-0.05, 0) is 55.8 Å². The summed E-state index contributed by atoms with van der Waals surface area (Å²) in [5.74, 6) is 1.80. The third-order valence-corrected chi connectivity index (χ3v) is 6.23. The molecule has 8 nitrogen and oxygen atoms in total. The highest BCUT2D eigenvalue weighted by Crippen LogP contribution is 2.30. The number of rotatable bonds is 8. The molecule has 0 bridgehead atoms. The van der Waals surface area contributed by atoms with Crippen molar-refractivity contribution in [1.29, 1.82) is 0 Å². The zero-order valence-electron chi connectivity index (χ0n) is 20.4. The van der Waals surface area contributed by atoms with Gasteiger partial charge in [0.25, 0.3) is 0 Å². The Balaban J connectivity index is 1.64. The van der Waals surface area contributed by atoms with Gasteiger partial charge in [0.1, 0.15) is 23.4 Å². The van der Waals surface area contributed by atoms with Gasteiger partial charge in [0.15, 0.2) is 0 Å². The zero-order chi connectivity index (χ0) is 25.1. The topological polar surface area (TPSA) is 83.2 Å². The molecular formula is C26H28ClN5O3. The number of nitrogens with zero attached hydrogens (tertiary/aromatic N) is 4. The number of ether oxygens (including phenoxy) is 2. The van der Waals surface area contributed by atoms with Gasteiger partial charge in [0.05, 0.1) is 32.0 Å². The normalized spacial score (nSPS) is 11.8. The van der Waals surface area contributed by atoms with E-state index in [1.54, 1.807) is 26.5 Å². The average Bonchev–Trinajstić information content (AvgIpc) is 3.40. The SMILES string of the molecule is COc1cc(OC)cc(C(NC(=O)Cc2c(C)nn(-c3ccc(Cl)cc3)c2C)c2nccn2C)c1. The summed E-state index contributed by atoms with van der Waals surface area (Å²) >= 11 is 6.03. The minimum absolute atomic E-state index is 0.151. The Labute approximate surface area is 209 Å². The Kier molecular flexibility index (Phi) is 7.12. The Morgan fingerprint density at radius 1 is 1.09 bits per heavy atom. The largest absolute Gasteiger partial charge is 0.497 e. The zero-order valence-corrected chi connectivity index (χ0v) is 21.1. The third-order valence-electron chi connectivity index (χ3n) is 5.98. The van der Waals surface area contributed by atoms with Gasteiger partial charge in [-0.25, -0.2) is 9.67 Å². The van der Waals surface area contributed by atoms with E-state index in [-0.39, 0.29) is 12.3 Å². The summed E-state index contributed by atoms with van der Waals surface area (Å²) < 4.78 is 14.6. The molecule has 0 radical (unpaired) electrons. The quantitative estimate of drug-likeness (QED) is 0.395. The van der Waals surface area contributed by atoms with E-state index in [1.807, 2.05) is 72.7 Å². The van der Waals surface area contributed by atoms with Crippen molar-refractivity contribution in [3.8, 4) is 17.2 Å². The molecule has 4 aromatic rings. The van der Waals surface area contributed by atoms with Crippen LogP contribution in [-0.2, 0) is 18.3 Å². The monoisotopic (exact) mass is 493 g/mol. The summed E-state index contributed by atoms with van der Waals surface area (Å²) in [7, 11) is 5.08. The van der Waals surface area contributed by atoms with Crippen LogP contribution in [0.1, 0.15) is 34.4 Å². The van der Waals surface area contributed by atoms with Gasteiger partial charge in [-0.3, -0.25) is 4.79 Å². The van der Waals surface area contributed by atoms with Crippen molar-refractivity contribution in [2.24, 2.45) is 7.05 Å². The maximum Gasteiger partial charge on any atom is 0.225 e. The highest BCUT2D eigenvalue weighted by molar-refractivity contribution is 6.30. The fourth-order valence-electron chi connectivity index (χ4n) is 4.09. The molecule has 35 heavy (non-hydrogen) atoms. The summed E-state index contributed by atoms with van der Waals surface area (Å²) in [6, 6.07) is 12.5. The number of amides is 1. The van der Waals surface area contributed by atoms with E-state index < -0.39 is 6.04 Å². The number of hydrogen-bond acceptors (Lipinski definition) is 5. The number of imidazole rings is 1. The maximum atomic E-state index is 13.3. The summed E-state index contributed by atoms with van der Waals surface area (Å²) in [6.07, 6.45) is 3.72. The number of nitrogens with one attached hydrogen (secondary N) is 1. The molecule has 0 saturated carbocycles. The van der Waals surface area contributed by atoms with Crippen LogP contribution < -0.4 is 14.8 Å². The number of methoxy groups -OCH3 is 2. The molecule has 0 aliphatic carbocycles. The van der Waals surface area contributed by atoms with Crippen molar-refractivity contribution >= 4 is 17.5 Å². The maximum absolute atomic E-state index is 13.3. The van der Waals surface area contributed by atoms with Crippen molar-refractivity contribution in [2.75, 3.05) is 14.2 Å². The minimum Gasteiger partial charge on any atom is -0.497 e. The minimum atomic E-state index is -0.501. The molecule has 1 amide bonds. The van der Waals surface area contributed by atoms with Crippen molar-refractivity contribution < 1.29 is 14.3 Å². The first-order valence-corrected chi connectivity index (χ1v) is 11.5. The predicted molar refractivity (Wildman–Crippen MR) is 134 cm³/mol. The Bertz CT molecular complexity index is 1320. The van der Waals surface area contributed by atoms with Crippen LogP contribution in [0.3, 0.4) is 0 Å². The molecule has 0 spiro atoms. The van der Waals surface area contributed by atoms with Crippen molar-refractivity contribution in [1.82, 2.24) is 24.6 Å². The number of benzene rings is 2. The summed E-state index contributed by atoms with van der Waals surface area (Å²) in [4.78, 5) is 17.8. The fraction of sp³-hybridized carbons (Fsp3) is 0.269. The lowest BCUT2D eigenvalue weighted by Crippen LogP contribution is -2.32. The highest BCUT2D eigenvalue weighted by Gasteiger charge is 2.24. The Morgan fingerprint density at radius 2 is 1.74 bits per heavy atom. The molecular weight excluding hydrogens is 466 g/mol. The molecule has 1 N–H and O–H groups in total. The number of hydrogen-bond donors (Lipinski definition) is 1. The van der Waals surface area contributed by atoms with E-state index in [0.29, 0.717) is 22.3 Å². The molecule has 4 rings (SSSR count). The van der Waals surface area contributed by atoms with Crippen molar-refractivity contribution in [3.05, 3.63) is 88.2 Å². The van der Waals surface area contributed by atoms with Crippen LogP contribution in [0, 0.1) is 13.8 Å². The molecule has 2 heterocycles. The van der Waals surface area contributed by atoms with Gasteiger partial charge in [0, 0.05) is 41.8 Å².